The number of anilines is 1. The second-order valence-electron chi connectivity index (χ2n) is 9.95. The van der Waals surface area contributed by atoms with Crippen LogP contribution in [0.3, 0.4) is 0 Å². The van der Waals surface area contributed by atoms with Crippen molar-refractivity contribution >= 4 is 17.7 Å². The lowest BCUT2D eigenvalue weighted by atomic mass is 9.84. The molecule has 1 aromatic carbocycles. The molecule has 9 heteroatoms. The first kappa shape index (κ1) is 23.2. The molecule has 0 saturated carbocycles. The highest BCUT2D eigenvalue weighted by molar-refractivity contribution is 5.73. The summed E-state index contributed by atoms with van der Waals surface area (Å²) in [6, 6.07) is 6.66. The summed E-state index contributed by atoms with van der Waals surface area (Å²) in [4.78, 5) is 11.3. The normalized spacial score (nSPS) is 26.4. The number of hydrogen-bond donors (Lipinski definition) is 0. The van der Waals surface area contributed by atoms with Gasteiger partial charge in [0.1, 0.15) is 23.6 Å². The van der Waals surface area contributed by atoms with Crippen LogP contribution in [-0.2, 0) is 4.74 Å². The van der Waals surface area contributed by atoms with Gasteiger partial charge in [0.15, 0.2) is 0 Å². The summed E-state index contributed by atoms with van der Waals surface area (Å²) < 4.78 is 50.7. The van der Waals surface area contributed by atoms with Crippen LogP contribution in [0.2, 0.25) is 0 Å². The molecule has 0 radical (unpaired) electrons. The highest BCUT2D eigenvalue weighted by atomic mass is 19.1. The number of rotatable bonds is 4. The van der Waals surface area contributed by atoms with Gasteiger partial charge in [0.25, 0.3) is 0 Å². The Balaban J connectivity index is 1.36. The molecule has 6 nitrogen and oxygen atoms in total. The minimum Gasteiger partial charge on any atom is -0.381 e. The summed E-state index contributed by atoms with van der Waals surface area (Å²) in [5.74, 6) is -0.545. The molecule has 5 heterocycles. The van der Waals surface area contributed by atoms with Crippen molar-refractivity contribution in [3.63, 3.8) is 0 Å². The van der Waals surface area contributed by atoms with E-state index < -0.39 is 23.8 Å². The number of fused-ring (bicyclic) bond motifs is 1. The number of alkyl halides is 1. The lowest BCUT2D eigenvalue weighted by molar-refractivity contribution is 0.0662. The van der Waals surface area contributed by atoms with Crippen molar-refractivity contribution in [2.24, 2.45) is 10.9 Å². The van der Waals surface area contributed by atoms with Gasteiger partial charge in [-0.2, -0.15) is 5.10 Å². The zero-order valence-corrected chi connectivity index (χ0v) is 20.0. The molecule has 4 atom stereocenters. The van der Waals surface area contributed by atoms with Gasteiger partial charge < -0.3 is 9.64 Å². The third kappa shape index (κ3) is 4.19. The van der Waals surface area contributed by atoms with Gasteiger partial charge in [0.2, 0.25) is 0 Å². The van der Waals surface area contributed by atoms with Crippen molar-refractivity contribution in [2.45, 2.75) is 50.4 Å². The molecule has 36 heavy (non-hydrogen) atoms. The maximum atomic E-state index is 14.6. The Morgan fingerprint density at radius 3 is 2.75 bits per heavy atom. The standard InChI is InChI=1S/C27H28F3N5O/c1-16-12-31-23-4-5-25(34-15-19(29)11-24(34)21-10-18(28)2-3-22(21)30)33-27(23)26(16)17-13-32-35(14-17)20-6-8-36-9-7-20/h2-5,10,12-14,16,19-20,24,26H,6-9,11,15H2,1H3/t16?,19-,24+,26?/m0/s1. The molecule has 3 aromatic rings. The molecule has 0 amide bonds. The molecule has 2 saturated heterocycles. The summed E-state index contributed by atoms with van der Waals surface area (Å²) in [7, 11) is 0. The highest BCUT2D eigenvalue weighted by Gasteiger charge is 2.37. The first-order valence-electron chi connectivity index (χ1n) is 12.5. The van der Waals surface area contributed by atoms with Gasteiger partial charge in [-0.25, -0.2) is 18.2 Å². The van der Waals surface area contributed by atoms with E-state index in [9.17, 15) is 13.2 Å². The second kappa shape index (κ2) is 9.35. The first-order chi connectivity index (χ1) is 17.5. The van der Waals surface area contributed by atoms with E-state index in [4.69, 9.17) is 9.72 Å². The van der Waals surface area contributed by atoms with Crippen LogP contribution in [0, 0.1) is 17.6 Å². The lowest BCUT2D eigenvalue weighted by Crippen LogP contribution is -2.26. The molecule has 0 aliphatic carbocycles. The molecular weight excluding hydrogens is 467 g/mol. The molecule has 3 aliphatic rings. The van der Waals surface area contributed by atoms with E-state index in [2.05, 4.69) is 23.2 Å². The average molecular weight is 496 g/mol. The molecule has 2 unspecified atom stereocenters. The second-order valence-corrected chi connectivity index (χ2v) is 9.95. The largest absolute Gasteiger partial charge is 0.381 e. The van der Waals surface area contributed by atoms with E-state index in [1.54, 1.807) is 11.0 Å². The minimum atomic E-state index is -1.17. The van der Waals surface area contributed by atoms with Crippen LogP contribution in [0.25, 0.3) is 0 Å². The number of benzene rings is 1. The quantitative estimate of drug-likeness (QED) is 0.467. The van der Waals surface area contributed by atoms with E-state index in [1.165, 1.54) is 0 Å². The summed E-state index contributed by atoms with van der Waals surface area (Å²) in [5.41, 5.74) is 2.74. The number of aliphatic imine (C=N–C) groups is 1. The van der Waals surface area contributed by atoms with Crippen LogP contribution in [0.5, 0.6) is 0 Å². The van der Waals surface area contributed by atoms with Gasteiger partial charge in [0.05, 0.1) is 36.2 Å². The van der Waals surface area contributed by atoms with Crippen molar-refractivity contribution in [3.8, 4) is 0 Å². The predicted molar refractivity (Wildman–Crippen MR) is 131 cm³/mol. The third-order valence-corrected chi connectivity index (χ3v) is 7.56. The summed E-state index contributed by atoms with van der Waals surface area (Å²) in [5, 5.41) is 4.65. The Morgan fingerprint density at radius 2 is 1.92 bits per heavy atom. The summed E-state index contributed by atoms with van der Waals surface area (Å²) >= 11 is 0. The fourth-order valence-electron chi connectivity index (χ4n) is 5.71. The molecule has 6 rings (SSSR count). The monoisotopic (exact) mass is 495 g/mol. The van der Waals surface area contributed by atoms with Crippen LogP contribution in [-0.4, -0.2) is 46.9 Å². The van der Waals surface area contributed by atoms with E-state index in [0.29, 0.717) is 11.9 Å². The fraction of sp³-hybridized carbons (Fsp3) is 0.444. The maximum absolute atomic E-state index is 14.6. The van der Waals surface area contributed by atoms with Crippen molar-refractivity contribution in [1.82, 2.24) is 14.8 Å². The smallest absolute Gasteiger partial charge is 0.129 e. The average Bonchev–Trinajstić information content (AvgIpc) is 3.53. The molecule has 3 aliphatic heterocycles. The van der Waals surface area contributed by atoms with E-state index in [-0.39, 0.29) is 30.4 Å². The van der Waals surface area contributed by atoms with Gasteiger partial charge in [-0.3, -0.25) is 9.67 Å². The molecule has 0 N–H and O–H groups in total. The predicted octanol–water partition coefficient (Wildman–Crippen LogP) is 5.68. The molecular formula is C27H28F3N5O. The summed E-state index contributed by atoms with van der Waals surface area (Å²) in [6.07, 6.45) is 6.69. The first-order valence-corrected chi connectivity index (χ1v) is 12.5. The van der Waals surface area contributed by atoms with Crippen LogP contribution in [0.15, 0.2) is 47.7 Å². The number of aromatic nitrogens is 3. The number of pyridine rings is 1. The van der Waals surface area contributed by atoms with Gasteiger partial charge in [-0.05, 0) is 48.7 Å². The number of hydrogen-bond acceptors (Lipinski definition) is 5. The SMILES string of the molecule is CC1C=Nc2ccc(N3C[C@@H](F)C[C@@H]3c3cc(F)ccc3F)nc2C1c1cnn(C2CCOCC2)c1. The van der Waals surface area contributed by atoms with Gasteiger partial charge in [-0.1, -0.05) is 6.92 Å². The lowest BCUT2D eigenvalue weighted by Gasteiger charge is -2.30. The zero-order chi connectivity index (χ0) is 24.8. The molecule has 0 spiro atoms. The van der Waals surface area contributed by atoms with E-state index in [1.807, 2.05) is 23.2 Å². The van der Waals surface area contributed by atoms with E-state index in [0.717, 1.165) is 61.2 Å². The van der Waals surface area contributed by atoms with Gasteiger partial charge in [-0.15, -0.1) is 0 Å². The maximum Gasteiger partial charge on any atom is 0.129 e. The molecule has 2 fully saturated rings. The Kier molecular flexibility index (Phi) is 6.03. The number of halogens is 3. The third-order valence-electron chi connectivity index (χ3n) is 7.56. The van der Waals surface area contributed by atoms with E-state index >= 15 is 0 Å². The van der Waals surface area contributed by atoms with Crippen LogP contribution in [0.1, 0.15) is 61.0 Å². The summed E-state index contributed by atoms with van der Waals surface area (Å²) in [6.45, 7) is 3.63. The van der Waals surface area contributed by atoms with Crippen molar-refractivity contribution in [3.05, 3.63) is 71.2 Å². The van der Waals surface area contributed by atoms with Crippen LogP contribution >= 0.6 is 0 Å². The minimum absolute atomic E-state index is 0.0670. The van der Waals surface area contributed by atoms with Crippen LogP contribution < -0.4 is 4.90 Å². The fourth-order valence-corrected chi connectivity index (χ4v) is 5.71. The Labute approximate surface area is 207 Å². The number of ether oxygens (including phenoxy) is 1. The topological polar surface area (TPSA) is 55.5 Å². The molecule has 188 valence electrons. The Bertz CT molecular complexity index is 1290. The van der Waals surface area contributed by atoms with Gasteiger partial charge in [0, 0.05) is 49.4 Å². The molecule has 2 aromatic heterocycles. The van der Waals surface area contributed by atoms with Crippen LogP contribution in [0.4, 0.5) is 24.7 Å². The Hall–Kier alpha value is -3.20. The number of nitrogens with zero attached hydrogens (tertiary/aromatic N) is 5. The van der Waals surface area contributed by atoms with Crippen molar-refractivity contribution in [1.29, 1.82) is 0 Å². The Morgan fingerprint density at radius 1 is 1.08 bits per heavy atom. The molecule has 0 bridgehead atoms. The highest BCUT2D eigenvalue weighted by Crippen LogP contribution is 2.43. The van der Waals surface area contributed by atoms with Crippen molar-refractivity contribution in [2.75, 3.05) is 24.7 Å². The van der Waals surface area contributed by atoms with Gasteiger partial charge >= 0.3 is 0 Å². The van der Waals surface area contributed by atoms with Crippen molar-refractivity contribution < 1.29 is 17.9 Å². The zero-order valence-electron chi connectivity index (χ0n) is 20.0.